The number of amides is 1. The van der Waals surface area contributed by atoms with Gasteiger partial charge in [0.1, 0.15) is 11.8 Å². The SMILES string of the molecule is Cc1cc(NC(=O)COc2ccccc2C#N)ccc1N1CCCC1. The van der Waals surface area contributed by atoms with Gasteiger partial charge in [-0.15, -0.1) is 0 Å². The normalized spacial score (nSPS) is 13.4. The van der Waals surface area contributed by atoms with Gasteiger partial charge >= 0.3 is 0 Å². The summed E-state index contributed by atoms with van der Waals surface area (Å²) < 4.78 is 5.45. The first kappa shape index (κ1) is 16.8. The van der Waals surface area contributed by atoms with Crippen molar-refractivity contribution in [1.82, 2.24) is 0 Å². The Morgan fingerprint density at radius 3 is 2.72 bits per heavy atom. The third-order valence-electron chi connectivity index (χ3n) is 4.29. The lowest BCUT2D eigenvalue weighted by Gasteiger charge is -2.20. The largest absolute Gasteiger partial charge is 0.482 e. The Morgan fingerprint density at radius 1 is 1.24 bits per heavy atom. The van der Waals surface area contributed by atoms with Crippen LogP contribution in [0, 0.1) is 18.3 Å². The zero-order chi connectivity index (χ0) is 17.6. The molecule has 1 amide bonds. The zero-order valence-electron chi connectivity index (χ0n) is 14.3. The van der Waals surface area contributed by atoms with E-state index in [1.165, 1.54) is 18.5 Å². The molecule has 0 radical (unpaired) electrons. The van der Waals surface area contributed by atoms with Crippen molar-refractivity contribution in [3.63, 3.8) is 0 Å². The Balaban J connectivity index is 1.59. The van der Waals surface area contributed by atoms with E-state index in [4.69, 9.17) is 10.00 Å². The van der Waals surface area contributed by atoms with Crippen LogP contribution in [0.25, 0.3) is 0 Å². The first-order chi connectivity index (χ1) is 12.2. The third-order valence-corrected chi connectivity index (χ3v) is 4.29. The van der Waals surface area contributed by atoms with Crippen molar-refractivity contribution in [2.75, 3.05) is 29.9 Å². The summed E-state index contributed by atoms with van der Waals surface area (Å²) >= 11 is 0. The van der Waals surface area contributed by atoms with Crippen molar-refractivity contribution < 1.29 is 9.53 Å². The Bertz CT molecular complexity index is 805. The van der Waals surface area contributed by atoms with Crippen LogP contribution in [-0.4, -0.2) is 25.6 Å². The van der Waals surface area contributed by atoms with Crippen LogP contribution >= 0.6 is 0 Å². The van der Waals surface area contributed by atoms with Gasteiger partial charge in [-0.1, -0.05) is 12.1 Å². The number of hydrogen-bond acceptors (Lipinski definition) is 4. The standard InChI is InChI=1S/C20H21N3O2/c1-15-12-17(8-9-18(15)23-10-4-5-11-23)22-20(24)14-25-19-7-3-2-6-16(19)13-21/h2-3,6-9,12H,4-5,10-11,14H2,1H3,(H,22,24). The third kappa shape index (κ3) is 4.10. The van der Waals surface area contributed by atoms with Crippen LogP contribution in [0.3, 0.4) is 0 Å². The Morgan fingerprint density at radius 2 is 2.00 bits per heavy atom. The topological polar surface area (TPSA) is 65.4 Å². The Hall–Kier alpha value is -3.00. The molecule has 1 N–H and O–H groups in total. The number of nitrogens with one attached hydrogen (secondary N) is 1. The summed E-state index contributed by atoms with van der Waals surface area (Å²) in [7, 11) is 0. The number of aryl methyl sites for hydroxylation is 1. The van der Waals surface area contributed by atoms with Crippen molar-refractivity contribution in [3.8, 4) is 11.8 Å². The molecule has 2 aromatic carbocycles. The second kappa shape index (κ2) is 7.71. The molecule has 2 aromatic rings. The number of anilines is 2. The lowest BCUT2D eigenvalue weighted by Crippen LogP contribution is -2.21. The van der Waals surface area contributed by atoms with Gasteiger partial charge in [0.25, 0.3) is 5.91 Å². The molecule has 0 bridgehead atoms. The van der Waals surface area contributed by atoms with Gasteiger partial charge in [-0.2, -0.15) is 5.26 Å². The summed E-state index contributed by atoms with van der Waals surface area (Å²) in [6, 6.07) is 14.9. The first-order valence-corrected chi connectivity index (χ1v) is 8.45. The van der Waals surface area contributed by atoms with E-state index < -0.39 is 0 Å². The van der Waals surface area contributed by atoms with E-state index in [-0.39, 0.29) is 12.5 Å². The summed E-state index contributed by atoms with van der Waals surface area (Å²) in [5, 5.41) is 11.9. The molecule has 1 heterocycles. The molecule has 25 heavy (non-hydrogen) atoms. The minimum atomic E-state index is -0.249. The zero-order valence-corrected chi connectivity index (χ0v) is 14.3. The molecular weight excluding hydrogens is 314 g/mol. The lowest BCUT2D eigenvalue weighted by atomic mass is 10.1. The van der Waals surface area contributed by atoms with E-state index in [9.17, 15) is 4.79 Å². The summed E-state index contributed by atoms with van der Waals surface area (Å²) in [5.41, 5.74) is 3.55. The van der Waals surface area contributed by atoms with Crippen molar-refractivity contribution in [1.29, 1.82) is 5.26 Å². The Kier molecular flexibility index (Phi) is 5.20. The van der Waals surface area contributed by atoms with E-state index in [0.29, 0.717) is 11.3 Å². The molecule has 3 rings (SSSR count). The number of carbonyl (C=O) groups is 1. The van der Waals surface area contributed by atoms with Crippen LogP contribution in [-0.2, 0) is 4.79 Å². The second-order valence-corrected chi connectivity index (χ2v) is 6.14. The van der Waals surface area contributed by atoms with Crippen LogP contribution in [0.4, 0.5) is 11.4 Å². The van der Waals surface area contributed by atoms with Crippen LogP contribution in [0.5, 0.6) is 5.75 Å². The van der Waals surface area contributed by atoms with Crippen LogP contribution in [0.2, 0.25) is 0 Å². The molecule has 5 nitrogen and oxygen atoms in total. The summed E-state index contributed by atoms with van der Waals surface area (Å²) in [5.74, 6) is 0.168. The van der Waals surface area contributed by atoms with Gasteiger partial charge in [-0.25, -0.2) is 0 Å². The molecular formula is C20H21N3O2. The highest BCUT2D eigenvalue weighted by Gasteiger charge is 2.15. The highest BCUT2D eigenvalue weighted by molar-refractivity contribution is 5.92. The fourth-order valence-corrected chi connectivity index (χ4v) is 3.07. The fourth-order valence-electron chi connectivity index (χ4n) is 3.07. The molecule has 1 saturated heterocycles. The van der Waals surface area contributed by atoms with Gasteiger partial charge in [-0.3, -0.25) is 4.79 Å². The van der Waals surface area contributed by atoms with E-state index in [2.05, 4.69) is 23.2 Å². The molecule has 128 valence electrons. The van der Waals surface area contributed by atoms with Crippen LogP contribution in [0.15, 0.2) is 42.5 Å². The van der Waals surface area contributed by atoms with Crippen molar-refractivity contribution in [2.24, 2.45) is 0 Å². The van der Waals surface area contributed by atoms with Crippen LogP contribution < -0.4 is 15.0 Å². The molecule has 0 aromatic heterocycles. The van der Waals surface area contributed by atoms with Gasteiger partial charge in [0.05, 0.1) is 5.56 Å². The minimum Gasteiger partial charge on any atom is -0.482 e. The number of ether oxygens (including phenoxy) is 1. The number of nitriles is 1. The first-order valence-electron chi connectivity index (χ1n) is 8.45. The molecule has 0 unspecified atom stereocenters. The summed E-state index contributed by atoms with van der Waals surface area (Å²) in [6.07, 6.45) is 2.47. The molecule has 0 saturated carbocycles. The van der Waals surface area contributed by atoms with Gasteiger partial charge < -0.3 is 15.0 Å². The lowest BCUT2D eigenvalue weighted by molar-refractivity contribution is -0.118. The number of benzene rings is 2. The smallest absolute Gasteiger partial charge is 0.262 e. The second-order valence-electron chi connectivity index (χ2n) is 6.14. The summed E-state index contributed by atoms with van der Waals surface area (Å²) in [6.45, 7) is 4.12. The molecule has 5 heteroatoms. The van der Waals surface area contributed by atoms with E-state index in [1.54, 1.807) is 24.3 Å². The average molecular weight is 335 g/mol. The molecule has 0 atom stereocenters. The highest BCUT2D eigenvalue weighted by Crippen LogP contribution is 2.26. The van der Waals surface area contributed by atoms with Crippen molar-refractivity contribution >= 4 is 17.3 Å². The molecule has 0 spiro atoms. The van der Waals surface area contributed by atoms with E-state index >= 15 is 0 Å². The molecule has 0 aliphatic carbocycles. The predicted molar refractivity (Wildman–Crippen MR) is 97.9 cm³/mol. The maximum atomic E-state index is 12.1. The average Bonchev–Trinajstić information content (AvgIpc) is 3.14. The number of carbonyl (C=O) groups excluding carboxylic acids is 1. The molecule has 1 fully saturated rings. The predicted octanol–water partition coefficient (Wildman–Crippen LogP) is 3.48. The van der Waals surface area contributed by atoms with Gasteiger partial charge in [0.2, 0.25) is 0 Å². The van der Waals surface area contributed by atoms with Crippen molar-refractivity contribution in [2.45, 2.75) is 19.8 Å². The number of hydrogen-bond donors (Lipinski definition) is 1. The number of para-hydroxylation sites is 1. The number of rotatable bonds is 5. The van der Waals surface area contributed by atoms with E-state index in [1.807, 2.05) is 18.2 Å². The minimum absolute atomic E-state index is 0.133. The monoisotopic (exact) mass is 335 g/mol. The van der Waals surface area contributed by atoms with Gasteiger partial charge in [0, 0.05) is 24.5 Å². The molecule has 1 aliphatic heterocycles. The number of nitrogens with zero attached hydrogens (tertiary/aromatic N) is 2. The Labute approximate surface area is 147 Å². The van der Waals surface area contributed by atoms with E-state index in [0.717, 1.165) is 24.3 Å². The van der Waals surface area contributed by atoms with Gasteiger partial charge in [-0.05, 0) is 55.7 Å². The summed E-state index contributed by atoms with van der Waals surface area (Å²) in [4.78, 5) is 14.5. The maximum Gasteiger partial charge on any atom is 0.262 e. The molecule has 1 aliphatic rings. The maximum absolute atomic E-state index is 12.1. The van der Waals surface area contributed by atoms with Crippen LogP contribution in [0.1, 0.15) is 24.0 Å². The van der Waals surface area contributed by atoms with Gasteiger partial charge in [0.15, 0.2) is 6.61 Å². The fraction of sp³-hybridized carbons (Fsp3) is 0.300. The highest BCUT2D eigenvalue weighted by atomic mass is 16.5. The van der Waals surface area contributed by atoms with Crippen molar-refractivity contribution in [3.05, 3.63) is 53.6 Å². The quantitative estimate of drug-likeness (QED) is 0.908.